The van der Waals surface area contributed by atoms with Gasteiger partial charge in [0.25, 0.3) is 11.8 Å². The SMILES string of the molecule is CC1Oc2ccc(NC(=O)c3ccc4c(c3)OCO4)cc2CN(Cc2ccccc2)C1=O. The number of fused-ring (bicyclic) bond motifs is 2. The molecule has 0 aliphatic carbocycles. The van der Waals surface area contributed by atoms with Crippen LogP contribution >= 0.6 is 0 Å². The van der Waals surface area contributed by atoms with Gasteiger partial charge in [0.1, 0.15) is 5.75 Å². The molecule has 1 atom stereocenters. The van der Waals surface area contributed by atoms with Crippen LogP contribution in [0, 0.1) is 0 Å². The summed E-state index contributed by atoms with van der Waals surface area (Å²) in [5.74, 6) is 1.49. The Morgan fingerprint density at radius 3 is 2.62 bits per heavy atom. The Labute approximate surface area is 185 Å². The molecule has 5 rings (SSSR count). The van der Waals surface area contributed by atoms with Crippen LogP contribution < -0.4 is 19.5 Å². The maximum Gasteiger partial charge on any atom is 0.263 e. The van der Waals surface area contributed by atoms with Crippen molar-refractivity contribution in [2.75, 3.05) is 12.1 Å². The summed E-state index contributed by atoms with van der Waals surface area (Å²) in [7, 11) is 0. The summed E-state index contributed by atoms with van der Waals surface area (Å²) >= 11 is 0. The van der Waals surface area contributed by atoms with Crippen molar-refractivity contribution in [2.45, 2.75) is 26.1 Å². The lowest BCUT2D eigenvalue weighted by Crippen LogP contribution is -2.37. The second kappa shape index (κ2) is 8.26. The number of anilines is 1. The Morgan fingerprint density at radius 2 is 1.78 bits per heavy atom. The molecule has 0 spiro atoms. The van der Waals surface area contributed by atoms with Crippen molar-refractivity contribution in [3.8, 4) is 17.2 Å². The molecule has 2 aliphatic heterocycles. The predicted molar refractivity (Wildman–Crippen MR) is 118 cm³/mol. The van der Waals surface area contributed by atoms with E-state index < -0.39 is 6.10 Å². The van der Waals surface area contributed by atoms with E-state index in [0.717, 1.165) is 11.1 Å². The van der Waals surface area contributed by atoms with Crippen LogP contribution in [0.3, 0.4) is 0 Å². The maximum absolute atomic E-state index is 12.9. The van der Waals surface area contributed by atoms with Gasteiger partial charge in [-0.1, -0.05) is 30.3 Å². The Morgan fingerprint density at radius 1 is 1.00 bits per heavy atom. The number of hydrogen-bond acceptors (Lipinski definition) is 5. The van der Waals surface area contributed by atoms with Crippen LogP contribution in [-0.2, 0) is 17.9 Å². The number of ether oxygens (including phenoxy) is 3. The van der Waals surface area contributed by atoms with E-state index in [4.69, 9.17) is 14.2 Å². The Kier molecular flexibility index (Phi) is 5.15. The van der Waals surface area contributed by atoms with Crippen molar-refractivity contribution in [2.24, 2.45) is 0 Å². The number of nitrogens with one attached hydrogen (secondary N) is 1. The number of carbonyl (C=O) groups is 2. The van der Waals surface area contributed by atoms with Gasteiger partial charge >= 0.3 is 0 Å². The fourth-order valence-corrected chi connectivity index (χ4v) is 3.86. The quantitative estimate of drug-likeness (QED) is 0.678. The monoisotopic (exact) mass is 430 g/mol. The van der Waals surface area contributed by atoms with Crippen LogP contribution in [0.15, 0.2) is 66.7 Å². The van der Waals surface area contributed by atoms with E-state index in [1.807, 2.05) is 36.4 Å². The molecular formula is C25H22N2O5. The molecule has 162 valence electrons. The highest BCUT2D eigenvalue weighted by molar-refractivity contribution is 6.04. The Hall–Kier alpha value is -4.00. The van der Waals surface area contributed by atoms with Gasteiger partial charge in [0.2, 0.25) is 6.79 Å². The molecule has 0 saturated heterocycles. The van der Waals surface area contributed by atoms with Crippen LogP contribution in [0.25, 0.3) is 0 Å². The van der Waals surface area contributed by atoms with Crippen LogP contribution in [0.4, 0.5) is 5.69 Å². The molecule has 0 saturated carbocycles. The molecule has 0 aromatic heterocycles. The van der Waals surface area contributed by atoms with E-state index in [2.05, 4.69) is 5.32 Å². The second-order valence-electron chi connectivity index (χ2n) is 7.78. The van der Waals surface area contributed by atoms with Crippen LogP contribution in [0.1, 0.15) is 28.4 Å². The number of benzene rings is 3. The van der Waals surface area contributed by atoms with E-state index in [0.29, 0.717) is 41.6 Å². The van der Waals surface area contributed by atoms with Crippen molar-refractivity contribution < 1.29 is 23.8 Å². The molecular weight excluding hydrogens is 408 g/mol. The normalized spacial score (nSPS) is 16.7. The summed E-state index contributed by atoms with van der Waals surface area (Å²) in [4.78, 5) is 27.4. The lowest BCUT2D eigenvalue weighted by atomic mass is 10.1. The summed E-state index contributed by atoms with van der Waals surface area (Å²) in [6.45, 7) is 2.79. The minimum absolute atomic E-state index is 0.0731. The molecule has 0 bridgehead atoms. The van der Waals surface area contributed by atoms with Gasteiger partial charge in [0, 0.05) is 29.9 Å². The van der Waals surface area contributed by atoms with Gasteiger partial charge in [0.05, 0.1) is 0 Å². The van der Waals surface area contributed by atoms with Crippen LogP contribution in [0.2, 0.25) is 0 Å². The van der Waals surface area contributed by atoms with Crippen molar-refractivity contribution in [1.29, 1.82) is 0 Å². The molecule has 32 heavy (non-hydrogen) atoms. The highest BCUT2D eigenvalue weighted by atomic mass is 16.7. The first kappa shape index (κ1) is 19.9. The van der Waals surface area contributed by atoms with E-state index in [1.165, 1.54) is 0 Å². The van der Waals surface area contributed by atoms with Crippen LogP contribution in [-0.4, -0.2) is 29.6 Å². The molecule has 2 heterocycles. The van der Waals surface area contributed by atoms with Crippen molar-refractivity contribution in [3.05, 3.63) is 83.4 Å². The molecule has 1 N–H and O–H groups in total. The minimum atomic E-state index is -0.589. The van der Waals surface area contributed by atoms with E-state index in [1.54, 1.807) is 42.2 Å². The van der Waals surface area contributed by atoms with Gasteiger partial charge in [-0.3, -0.25) is 9.59 Å². The lowest BCUT2D eigenvalue weighted by molar-refractivity contribution is -0.138. The highest BCUT2D eigenvalue weighted by Gasteiger charge is 2.28. The lowest BCUT2D eigenvalue weighted by Gasteiger charge is -2.22. The number of rotatable bonds is 4. The molecule has 0 radical (unpaired) electrons. The largest absolute Gasteiger partial charge is 0.481 e. The number of nitrogens with zero attached hydrogens (tertiary/aromatic N) is 1. The zero-order valence-corrected chi connectivity index (χ0v) is 17.5. The van der Waals surface area contributed by atoms with Crippen molar-refractivity contribution >= 4 is 17.5 Å². The molecule has 2 aliphatic rings. The van der Waals surface area contributed by atoms with Gasteiger partial charge in [0.15, 0.2) is 17.6 Å². The molecule has 2 amide bonds. The molecule has 3 aromatic carbocycles. The molecule has 7 nitrogen and oxygen atoms in total. The van der Waals surface area contributed by atoms with Gasteiger partial charge < -0.3 is 24.4 Å². The fraction of sp³-hybridized carbons (Fsp3) is 0.200. The molecule has 7 heteroatoms. The fourth-order valence-electron chi connectivity index (χ4n) is 3.86. The topological polar surface area (TPSA) is 77.1 Å². The first-order chi connectivity index (χ1) is 15.6. The second-order valence-corrected chi connectivity index (χ2v) is 7.78. The van der Waals surface area contributed by atoms with Crippen molar-refractivity contribution in [1.82, 2.24) is 4.90 Å². The maximum atomic E-state index is 12.9. The van der Waals surface area contributed by atoms with Gasteiger partial charge in [-0.2, -0.15) is 0 Å². The van der Waals surface area contributed by atoms with E-state index >= 15 is 0 Å². The number of amides is 2. The van der Waals surface area contributed by atoms with E-state index in [9.17, 15) is 9.59 Å². The average molecular weight is 430 g/mol. The predicted octanol–water partition coefficient (Wildman–Crippen LogP) is 3.98. The van der Waals surface area contributed by atoms with Gasteiger partial charge in [-0.05, 0) is 48.9 Å². The summed E-state index contributed by atoms with van der Waals surface area (Å²) in [6, 6.07) is 20.3. The van der Waals surface area contributed by atoms with Crippen molar-refractivity contribution in [3.63, 3.8) is 0 Å². The zero-order valence-electron chi connectivity index (χ0n) is 17.5. The molecule has 3 aromatic rings. The third-order valence-electron chi connectivity index (χ3n) is 5.49. The summed E-state index contributed by atoms with van der Waals surface area (Å²) in [5.41, 5.74) is 2.97. The first-order valence-corrected chi connectivity index (χ1v) is 10.4. The van der Waals surface area contributed by atoms with Crippen LogP contribution in [0.5, 0.6) is 17.2 Å². The first-order valence-electron chi connectivity index (χ1n) is 10.4. The summed E-state index contributed by atoms with van der Waals surface area (Å²) < 4.78 is 16.5. The van der Waals surface area contributed by atoms with Gasteiger partial charge in [-0.15, -0.1) is 0 Å². The third kappa shape index (κ3) is 3.97. The smallest absolute Gasteiger partial charge is 0.263 e. The Bertz CT molecular complexity index is 1180. The molecule has 0 fully saturated rings. The summed E-state index contributed by atoms with van der Waals surface area (Å²) in [5, 5.41) is 2.91. The molecule has 1 unspecified atom stereocenters. The number of hydrogen-bond donors (Lipinski definition) is 1. The summed E-state index contributed by atoms with van der Waals surface area (Å²) in [6.07, 6.45) is -0.589. The van der Waals surface area contributed by atoms with Gasteiger partial charge in [-0.25, -0.2) is 0 Å². The Balaban J connectivity index is 1.36. The number of carbonyl (C=O) groups excluding carboxylic acids is 2. The third-order valence-corrected chi connectivity index (χ3v) is 5.49. The zero-order chi connectivity index (χ0) is 22.1. The highest BCUT2D eigenvalue weighted by Crippen LogP contribution is 2.33. The minimum Gasteiger partial charge on any atom is -0.481 e. The standard InChI is InChI=1S/C25H22N2O5/c1-16-25(29)27(13-17-5-3-2-4-6-17)14-19-11-20(8-10-21(19)32-16)26-24(28)18-7-9-22-23(12-18)31-15-30-22/h2-12,16H,13-15H2,1H3,(H,26,28). The van der Waals surface area contributed by atoms with E-state index in [-0.39, 0.29) is 18.6 Å². The average Bonchev–Trinajstić information content (AvgIpc) is 3.24.